The van der Waals surface area contributed by atoms with Gasteiger partial charge in [-0.25, -0.2) is 4.79 Å². The van der Waals surface area contributed by atoms with Crippen molar-refractivity contribution >= 4 is 40.7 Å². The fraction of sp³-hybridized carbons (Fsp3) is 0.0556. The number of rotatable bonds is 5. The third kappa shape index (κ3) is 4.38. The van der Waals surface area contributed by atoms with Crippen LogP contribution in [0.2, 0.25) is 5.02 Å². The van der Waals surface area contributed by atoms with Gasteiger partial charge in [0.25, 0.3) is 11.8 Å². The number of esters is 1. The van der Waals surface area contributed by atoms with Crippen LogP contribution in [0.25, 0.3) is 10.4 Å². The fourth-order valence-electron chi connectivity index (χ4n) is 2.05. The number of ether oxygens (including phenoxy) is 1. The zero-order chi connectivity index (χ0) is 18.5. The second-order valence-corrected chi connectivity index (χ2v) is 6.62. The van der Waals surface area contributed by atoms with Crippen molar-refractivity contribution in [2.24, 2.45) is 0 Å². The molecule has 2 aromatic heterocycles. The Morgan fingerprint density at radius 3 is 2.54 bits per heavy atom. The highest BCUT2D eigenvalue weighted by molar-refractivity contribution is 7.17. The Labute approximate surface area is 157 Å². The van der Waals surface area contributed by atoms with Crippen molar-refractivity contribution in [3.63, 3.8) is 0 Å². The van der Waals surface area contributed by atoms with Gasteiger partial charge in [-0.1, -0.05) is 23.7 Å². The Balaban J connectivity index is 1.54. The van der Waals surface area contributed by atoms with Gasteiger partial charge >= 0.3 is 5.97 Å². The van der Waals surface area contributed by atoms with Crippen molar-refractivity contribution in [1.29, 1.82) is 0 Å². The summed E-state index contributed by atoms with van der Waals surface area (Å²) in [5.74, 6) is -2.09. The number of benzene rings is 1. The highest BCUT2D eigenvalue weighted by atomic mass is 35.5. The lowest BCUT2D eigenvalue weighted by molar-refractivity contribution is -0.123. The van der Waals surface area contributed by atoms with Gasteiger partial charge < -0.3 is 9.15 Å². The van der Waals surface area contributed by atoms with Crippen LogP contribution in [0, 0.1) is 0 Å². The van der Waals surface area contributed by atoms with Crippen LogP contribution in [-0.2, 0) is 9.53 Å². The van der Waals surface area contributed by atoms with Crippen LogP contribution in [0.4, 0.5) is 0 Å². The molecule has 0 atom stereocenters. The molecule has 1 aromatic carbocycles. The van der Waals surface area contributed by atoms with E-state index in [1.165, 1.54) is 29.7 Å². The lowest BCUT2D eigenvalue weighted by Gasteiger charge is -2.03. The van der Waals surface area contributed by atoms with E-state index in [2.05, 4.69) is 5.32 Å². The van der Waals surface area contributed by atoms with E-state index in [0.717, 1.165) is 10.4 Å². The first-order valence-corrected chi connectivity index (χ1v) is 8.63. The van der Waals surface area contributed by atoms with E-state index in [1.54, 1.807) is 24.3 Å². The van der Waals surface area contributed by atoms with Gasteiger partial charge in [-0.2, -0.15) is 0 Å². The van der Waals surface area contributed by atoms with E-state index in [-0.39, 0.29) is 5.76 Å². The summed E-state index contributed by atoms with van der Waals surface area (Å²) in [7, 11) is 0. The van der Waals surface area contributed by atoms with Crippen LogP contribution >= 0.6 is 22.9 Å². The van der Waals surface area contributed by atoms with Gasteiger partial charge in [0.15, 0.2) is 12.4 Å². The van der Waals surface area contributed by atoms with Gasteiger partial charge in [0.05, 0.1) is 6.26 Å². The maximum atomic E-state index is 12.0. The molecule has 1 N–H and O–H groups in total. The summed E-state index contributed by atoms with van der Waals surface area (Å²) >= 11 is 7.09. The van der Waals surface area contributed by atoms with Crippen molar-refractivity contribution in [2.45, 2.75) is 0 Å². The summed E-state index contributed by atoms with van der Waals surface area (Å²) in [4.78, 5) is 36.6. The van der Waals surface area contributed by atoms with E-state index in [1.807, 2.05) is 12.1 Å². The largest absolute Gasteiger partial charge is 0.459 e. The Bertz CT molecular complexity index is 931. The molecule has 0 fully saturated rings. The lowest BCUT2D eigenvalue weighted by Crippen LogP contribution is -2.33. The Kier molecular flexibility index (Phi) is 5.50. The number of thiophene rings is 1. The summed E-state index contributed by atoms with van der Waals surface area (Å²) < 4.78 is 9.80. The number of hydrogen-bond donors (Lipinski definition) is 1. The average Bonchev–Trinajstić information content (AvgIpc) is 3.32. The molecule has 6 nitrogen and oxygen atoms in total. The molecule has 8 heteroatoms. The molecule has 26 heavy (non-hydrogen) atoms. The number of amides is 2. The molecule has 0 saturated carbocycles. The van der Waals surface area contributed by atoms with Gasteiger partial charge in [-0.05, 0) is 42.0 Å². The zero-order valence-electron chi connectivity index (χ0n) is 13.2. The monoisotopic (exact) mass is 389 g/mol. The molecular formula is C18H12ClNO5S. The first-order valence-electron chi connectivity index (χ1n) is 7.43. The number of halogens is 1. The fourth-order valence-corrected chi connectivity index (χ4v) is 3.08. The molecule has 132 valence electrons. The van der Waals surface area contributed by atoms with E-state index < -0.39 is 24.4 Å². The lowest BCUT2D eigenvalue weighted by atomic mass is 10.2. The van der Waals surface area contributed by atoms with Gasteiger partial charge in [0, 0.05) is 9.90 Å². The predicted molar refractivity (Wildman–Crippen MR) is 96.2 cm³/mol. The van der Waals surface area contributed by atoms with E-state index >= 15 is 0 Å². The maximum absolute atomic E-state index is 12.0. The molecule has 0 aliphatic heterocycles. The highest BCUT2D eigenvalue weighted by Gasteiger charge is 2.16. The summed E-state index contributed by atoms with van der Waals surface area (Å²) in [6.07, 6.45) is 1.31. The quantitative estimate of drug-likeness (QED) is 0.671. The number of carbonyl (C=O) groups is 3. The summed E-state index contributed by atoms with van der Waals surface area (Å²) in [5, 5.41) is 2.69. The van der Waals surface area contributed by atoms with Crippen LogP contribution in [0.3, 0.4) is 0 Å². The molecular weight excluding hydrogens is 378 g/mol. The van der Waals surface area contributed by atoms with Crippen molar-refractivity contribution in [3.05, 3.63) is 70.5 Å². The SMILES string of the molecule is O=C(COC(=O)c1ccc(-c2ccc(Cl)cc2)s1)NC(=O)c1ccco1. The normalized spacial score (nSPS) is 10.3. The molecule has 0 aliphatic carbocycles. The smallest absolute Gasteiger partial charge is 0.348 e. The minimum Gasteiger partial charge on any atom is -0.459 e. The summed E-state index contributed by atoms with van der Waals surface area (Å²) in [6, 6.07) is 13.5. The Morgan fingerprint density at radius 1 is 1.08 bits per heavy atom. The Morgan fingerprint density at radius 2 is 1.85 bits per heavy atom. The molecule has 2 heterocycles. The number of nitrogens with one attached hydrogen (secondary N) is 1. The molecule has 0 bridgehead atoms. The zero-order valence-corrected chi connectivity index (χ0v) is 14.8. The van der Waals surface area contributed by atoms with E-state index in [0.29, 0.717) is 9.90 Å². The van der Waals surface area contributed by atoms with Gasteiger partial charge in [-0.3, -0.25) is 14.9 Å². The van der Waals surface area contributed by atoms with Crippen molar-refractivity contribution in [2.75, 3.05) is 6.61 Å². The molecule has 0 radical (unpaired) electrons. The Hall–Kier alpha value is -2.90. The number of imide groups is 1. The third-order valence-corrected chi connectivity index (χ3v) is 4.63. The minimum absolute atomic E-state index is 0.00413. The minimum atomic E-state index is -0.741. The second-order valence-electron chi connectivity index (χ2n) is 5.10. The average molecular weight is 390 g/mol. The second kappa shape index (κ2) is 7.99. The van der Waals surface area contributed by atoms with Crippen LogP contribution in [0.1, 0.15) is 20.2 Å². The molecule has 0 unspecified atom stereocenters. The van der Waals surface area contributed by atoms with Crippen LogP contribution in [-0.4, -0.2) is 24.4 Å². The standard InChI is InChI=1S/C18H12ClNO5S/c19-12-5-3-11(4-6-12)14-7-8-15(26-14)18(23)25-10-16(21)20-17(22)13-2-1-9-24-13/h1-9H,10H2,(H,20,21,22). The molecule has 0 saturated heterocycles. The molecule has 3 aromatic rings. The predicted octanol–water partition coefficient (Wildman–Crippen LogP) is 3.77. The van der Waals surface area contributed by atoms with Crippen molar-refractivity contribution < 1.29 is 23.5 Å². The van der Waals surface area contributed by atoms with Crippen LogP contribution in [0.5, 0.6) is 0 Å². The van der Waals surface area contributed by atoms with Crippen molar-refractivity contribution in [3.8, 4) is 10.4 Å². The number of hydrogen-bond acceptors (Lipinski definition) is 6. The summed E-state index contributed by atoms with van der Waals surface area (Å²) in [5.41, 5.74) is 0.917. The van der Waals surface area contributed by atoms with E-state index in [9.17, 15) is 14.4 Å². The maximum Gasteiger partial charge on any atom is 0.348 e. The first kappa shape index (κ1) is 17.9. The van der Waals surface area contributed by atoms with E-state index in [4.69, 9.17) is 20.8 Å². The van der Waals surface area contributed by atoms with Gasteiger partial charge in [-0.15, -0.1) is 11.3 Å². The third-order valence-electron chi connectivity index (χ3n) is 3.27. The molecule has 0 aliphatic rings. The van der Waals surface area contributed by atoms with Crippen molar-refractivity contribution in [1.82, 2.24) is 5.32 Å². The topological polar surface area (TPSA) is 85.6 Å². The van der Waals surface area contributed by atoms with Crippen LogP contribution in [0.15, 0.2) is 59.2 Å². The molecule has 0 spiro atoms. The first-order chi connectivity index (χ1) is 12.5. The summed E-state index contributed by atoms with van der Waals surface area (Å²) in [6.45, 7) is -0.570. The number of furan rings is 1. The molecule has 2 amide bonds. The molecule has 3 rings (SSSR count). The van der Waals surface area contributed by atoms with Crippen LogP contribution < -0.4 is 5.32 Å². The number of carbonyl (C=O) groups excluding carboxylic acids is 3. The van der Waals surface area contributed by atoms with Gasteiger partial charge in [0.2, 0.25) is 0 Å². The van der Waals surface area contributed by atoms with Gasteiger partial charge in [0.1, 0.15) is 4.88 Å². The highest BCUT2D eigenvalue weighted by Crippen LogP contribution is 2.29.